The highest BCUT2D eigenvalue weighted by Gasteiger charge is 2.16. The molecule has 0 radical (unpaired) electrons. The standard InChI is InChI=1S/C11H23NO4/c1-11(2,3)5-9(14)7-12-6-8(13)4-10(15)16/h8-9,12-14H,4-7H2,1-3H3,(H,15,16). The molecule has 5 nitrogen and oxygen atoms in total. The molecule has 0 aromatic rings. The average Bonchev–Trinajstić information content (AvgIpc) is 1.98. The second-order valence-corrected chi connectivity index (χ2v) is 5.33. The summed E-state index contributed by atoms with van der Waals surface area (Å²) in [6.07, 6.45) is -0.992. The molecule has 2 unspecified atom stereocenters. The molecule has 0 aliphatic carbocycles. The summed E-state index contributed by atoms with van der Waals surface area (Å²) in [6, 6.07) is 0. The zero-order chi connectivity index (χ0) is 12.8. The Morgan fingerprint density at radius 1 is 1.19 bits per heavy atom. The molecule has 0 aliphatic rings. The maximum Gasteiger partial charge on any atom is 0.306 e. The Morgan fingerprint density at radius 2 is 1.69 bits per heavy atom. The minimum atomic E-state index is -1.02. The minimum Gasteiger partial charge on any atom is -0.481 e. The largest absolute Gasteiger partial charge is 0.481 e. The third kappa shape index (κ3) is 9.89. The molecule has 96 valence electrons. The van der Waals surface area contributed by atoms with E-state index in [-0.39, 0.29) is 18.4 Å². The SMILES string of the molecule is CC(C)(C)CC(O)CNCC(O)CC(=O)O. The first kappa shape index (κ1) is 15.3. The van der Waals surface area contributed by atoms with Crippen LogP contribution in [0.15, 0.2) is 0 Å². The average molecular weight is 233 g/mol. The van der Waals surface area contributed by atoms with E-state index in [4.69, 9.17) is 5.11 Å². The molecule has 0 saturated carbocycles. The molecule has 4 N–H and O–H groups in total. The fourth-order valence-electron chi connectivity index (χ4n) is 1.47. The first-order valence-corrected chi connectivity index (χ1v) is 5.49. The smallest absolute Gasteiger partial charge is 0.306 e. The summed E-state index contributed by atoms with van der Waals surface area (Å²) in [6.45, 7) is 6.67. The predicted molar refractivity (Wildman–Crippen MR) is 61.2 cm³/mol. The van der Waals surface area contributed by atoms with Crippen LogP contribution in [0.3, 0.4) is 0 Å². The van der Waals surface area contributed by atoms with Gasteiger partial charge in [-0.05, 0) is 11.8 Å². The van der Waals surface area contributed by atoms with Crippen LogP contribution in [0.5, 0.6) is 0 Å². The molecule has 0 amide bonds. The van der Waals surface area contributed by atoms with Crippen LogP contribution in [0.4, 0.5) is 0 Å². The van der Waals surface area contributed by atoms with E-state index in [1.165, 1.54) is 0 Å². The molecule has 16 heavy (non-hydrogen) atoms. The van der Waals surface area contributed by atoms with Crippen molar-refractivity contribution in [3.8, 4) is 0 Å². The van der Waals surface area contributed by atoms with Gasteiger partial charge in [0.05, 0.1) is 18.6 Å². The molecular weight excluding hydrogens is 210 g/mol. The lowest BCUT2D eigenvalue weighted by Crippen LogP contribution is -2.35. The van der Waals surface area contributed by atoms with Crippen LogP contribution >= 0.6 is 0 Å². The van der Waals surface area contributed by atoms with E-state index in [1.807, 2.05) is 20.8 Å². The van der Waals surface area contributed by atoms with Crippen molar-refractivity contribution in [3.05, 3.63) is 0 Å². The zero-order valence-electron chi connectivity index (χ0n) is 10.2. The number of nitrogens with one attached hydrogen (secondary N) is 1. The van der Waals surface area contributed by atoms with Gasteiger partial charge in [0.15, 0.2) is 0 Å². The molecule has 5 heteroatoms. The van der Waals surface area contributed by atoms with Gasteiger partial charge < -0.3 is 20.6 Å². The molecule has 0 aliphatic heterocycles. The number of aliphatic hydroxyl groups is 2. The Balaban J connectivity index is 3.61. The highest BCUT2D eigenvalue weighted by atomic mass is 16.4. The van der Waals surface area contributed by atoms with Crippen molar-refractivity contribution >= 4 is 5.97 Å². The first-order chi connectivity index (χ1) is 7.20. The van der Waals surface area contributed by atoms with Crippen LogP contribution in [0, 0.1) is 5.41 Å². The Kier molecular flexibility index (Phi) is 6.55. The van der Waals surface area contributed by atoms with Gasteiger partial charge in [-0.2, -0.15) is 0 Å². The molecular formula is C11H23NO4. The topological polar surface area (TPSA) is 89.8 Å². The number of carboxylic acid groups (broad SMARTS) is 1. The molecule has 0 saturated heterocycles. The quantitative estimate of drug-likeness (QED) is 0.504. The van der Waals surface area contributed by atoms with Gasteiger partial charge in [-0.25, -0.2) is 0 Å². The van der Waals surface area contributed by atoms with E-state index < -0.39 is 18.2 Å². The second-order valence-electron chi connectivity index (χ2n) is 5.33. The Morgan fingerprint density at radius 3 is 2.12 bits per heavy atom. The Labute approximate surface area is 96.5 Å². The second kappa shape index (κ2) is 6.83. The van der Waals surface area contributed by atoms with Gasteiger partial charge in [0.2, 0.25) is 0 Å². The third-order valence-electron chi connectivity index (χ3n) is 2.02. The molecule has 0 aromatic heterocycles. The number of rotatable bonds is 7. The highest BCUT2D eigenvalue weighted by molar-refractivity contribution is 5.67. The van der Waals surface area contributed by atoms with E-state index in [0.29, 0.717) is 13.0 Å². The van der Waals surface area contributed by atoms with E-state index >= 15 is 0 Å². The summed E-state index contributed by atoms with van der Waals surface area (Å²) >= 11 is 0. The molecule has 0 spiro atoms. The molecule has 0 aromatic carbocycles. The summed E-state index contributed by atoms with van der Waals surface area (Å²) in [4.78, 5) is 10.3. The Bertz CT molecular complexity index is 213. The lowest BCUT2D eigenvalue weighted by molar-refractivity contribution is -0.139. The summed E-state index contributed by atoms with van der Waals surface area (Å²) in [5, 5.41) is 30.1. The van der Waals surface area contributed by atoms with Crippen molar-refractivity contribution in [1.82, 2.24) is 5.32 Å². The Hall–Kier alpha value is -0.650. The molecule has 0 heterocycles. The lowest BCUT2D eigenvalue weighted by Gasteiger charge is -2.22. The third-order valence-corrected chi connectivity index (χ3v) is 2.02. The van der Waals surface area contributed by atoms with Crippen LogP contribution < -0.4 is 5.32 Å². The van der Waals surface area contributed by atoms with Gasteiger partial charge in [-0.1, -0.05) is 20.8 Å². The number of aliphatic carboxylic acids is 1. The van der Waals surface area contributed by atoms with Gasteiger partial charge >= 0.3 is 5.97 Å². The molecule has 2 atom stereocenters. The monoisotopic (exact) mass is 233 g/mol. The van der Waals surface area contributed by atoms with Gasteiger partial charge in [-0.3, -0.25) is 4.79 Å². The number of carboxylic acids is 1. The number of hydrogen-bond donors (Lipinski definition) is 4. The number of carbonyl (C=O) groups is 1. The van der Waals surface area contributed by atoms with E-state index in [9.17, 15) is 15.0 Å². The molecule has 0 fully saturated rings. The molecule has 0 bridgehead atoms. The summed E-state index contributed by atoms with van der Waals surface area (Å²) < 4.78 is 0. The van der Waals surface area contributed by atoms with Crippen molar-refractivity contribution in [2.75, 3.05) is 13.1 Å². The van der Waals surface area contributed by atoms with E-state index in [1.54, 1.807) is 0 Å². The zero-order valence-corrected chi connectivity index (χ0v) is 10.2. The predicted octanol–water partition coefficient (Wildman–Crippen LogP) is 0.209. The normalized spacial score (nSPS) is 15.8. The lowest BCUT2D eigenvalue weighted by atomic mass is 9.89. The van der Waals surface area contributed by atoms with Crippen molar-refractivity contribution in [2.24, 2.45) is 5.41 Å². The van der Waals surface area contributed by atoms with E-state index in [2.05, 4.69) is 5.32 Å². The summed E-state index contributed by atoms with van der Waals surface area (Å²) in [7, 11) is 0. The minimum absolute atomic E-state index is 0.0563. The van der Waals surface area contributed by atoms with Crippen molar-refractivity contribution in [2.45, 2.75) is 45.8 Å². The van der Waals surface area contributed by atoms with Crippen LogP contribution in [-0.2, 0) is 4.79 Å². The van der Waals surface area contributed by atoms with Gasteiger partial charge in [0.1, 0.15) is 0 Å². The van der Waals surface area contributed by atoms with Crippen LogP contribution in [0.2, 0.25) is 0 Å². The van der Waals surface area contributed by atoms with Crippen LogP contribution in [0.1, 0.15) is 33.6 Å². The first-order valence-electron chi connectivity index (χ1n) is 5.49. The van der Waals surface area contributed by atoms with Gasteiger partial charge in [0.25, 0.3) is 0 Å². The summed E-state index contributed by atoms with van der Waals surface area (Å²) in [5.74, 6) is -1.02. The van der Waals surface area contributed by atoms with Crippen molar-refractivity contribution < 1.29 is 20.1 Å². The van der Waals surface area contributed by atoms with Crippen molar-refractivity contribution in [3.63, 3.8) is 0 Å². The number of aliphatic hydroxyl groups excluding tert-OH is 2. The summed E-state index contributed by atoms with van der Waals surface area (Å²) in [5.41, 5.74) is 0.0563. The fraction of sp³-hybridized carbons (Fsp3) is 0.909. The van der Waals surface area contributed by atoms with Gasteiger partial charge in [0, 0.05) is 13.1 Å². The number of hydrogen-bond acceptors (Lipinski definition) is 4. The van der Waals surface area contributed by atoms with Gasteiger partial charge in [-0.15, -0.1) is 0 Å². The van der Waals surface area contributed by atoms with Crippen LogP contribution in [-0.4, -0.2) is 46.6 Å². The maximum absolute atomic E-state index is 10.3. The van der Waals surface area contributed by atoms with E-state index in [0.717, 1.165) is 0 Å². The molecule has 0 rings (SSSR count). The van der Waals surface area contributed by atoms with Crippen LogP contribution in [0.25, 0.3) is 0 Å². The van der Waals surface area contributed by atoms with Crippen molar-refractivity contribution in [1.29, 1.82) is 0 Å². The maximum atomic E-state index is 10.3. The highest BCUT2D eigenvalue weighted by Crippen LogP contribution is 2.20. The fourth-order valence-corrected chi connectivity index (χ4v) is 1.47.